The Kier molecular flexibility index (Phi) is 3.07. The first-order valence-electron chi connectivity index (χ1n) is 9.93. The van der Waals surface area contributed by atoms with Crippen LogP contribution in [0.4, 0.5) is 0 Å². The predicted molar refractivity (Wildman–Crippen MR) is 90.2 cm³/mol. The molecule has 5 aliphatic rings. The minimum Gasteiger partial charge on any atom is -0.389 e. The fraction of sp³-hybridized carbons (Fsp3) is 0.810. The summed E-state index contributed by atoms with van der Waals surface area (Å²) < 4.78 is 0. The van der Waals surface area contributed by atoms with Crippen LogP contribution >= 0.6 is 0 Å². The molecule has 4 fully saturated rings. The Morgan fingerprint density at radius 2 is 1.96 bits per heavy atom. The molecule has 3 nitrogen and oxygen atoms in total. The van der Waals surface area contributed by atoms with Gasteiger partial charge in [-0.25, -0.2) is 0 Å². The number of aliphatic hydroxyl groups is 1. The fourth-order valence-corrected chi connectivity index (χ4v) is 7.66. The Balaban J connectivity index is 1.59. The molecule has 130 valence electrons. The van der Waals surface area contributed by atoms with Crippen LogP contribution in [0.3, 0.4) is 0 Å². The Hall–Kier alpha value is -0.960. The van der Waals surface area contributed by atoms with Crippen molar-refractivity contribution in [3.63, 3.8) is 0 Å². The van der Waals surface area contributed by atoms with Crippen molar-refractivity contribution < 1.29 is 14.7 Å². The van der Waals surface area contributed by atoms with E-state index in [0.29, 0.717) is 23.5 Å². The molecule has 4 saturated carbocycles. The van der Waals surface area contributed by atoms with Crippen molar-refractivity contribution in [1.29, 1.82) is 0 Å². The quantitative estimate of drug-likeness (QED) is 0.741. The lowest BCUT2D eigenvalue weighted by molar-refractivity contribution is -0.139. The van der Waals surface area contributed by atoms with Crippen LogP contribution in [0.25, 0.3) is 0 Å². The Morgan fingerprint density at radius 3 is 2.79 bits per heavy atom. The molecule has 0 aromatic carbocycles. The SMILES string of the molecule is C[C@]12CC[C@H]3[C@@H](C[C@@H](O)C4=CC(=O)C5CCC[C@]43C5)[C@@H]1CCC2=O. The van der Waals surface area contributed by atoms with Gasteiger partial charge >= 0.3 is 0 Å². The summed E-state index contributed by atoms with van der Waals surface area (Å²) in [5, 5.41) is 10.9. The van der Waals surface area contributed by atoms with E-state index in [9.17, 15) is 14.7 Å². The molecule has 2 bridgehead atoms. The van der Waals surface area contributed by atoms with Crippen LogP contribution in [-0.2, 0) is 9.59 Å². The van der Waals surface area contributed by atoms with Crippen molar-refractivity contribution in [2.75, 3.05) is 0 Å². The number of ketones is 2. The number of aliphatic hydroxyl groups excluding tert-OH is 1. The number of Topliss-reactive ketones (excluding diaryl/α,β-unsaturated/α-hetero) is 1. The van der Waals surface area contributed by atoms with Gasteiger partial charge in [0, 0.05) is 17.8 Å². The topological polar surface area (TPSA) is 54.4 Å². The van der Waals surface area contributed by atoms with Crippen molar-refractivity contribution in [2.45, 2.75) is 70.8 Å². The number of hydrogen-bond donors (Lipinski definition) is 1. The van der Waals surface area contributed by atoms with E-state index in [1.807, 2.05) is 6.08 Å². The van der Waals surface area contributed by atoms with Crippen LogP contribution < -0.4 is 0 Å². The monoisotopic (exact) mass is 328 g/mol. The maximum Gasteiger partial charge on any atom is 0.158 e. The molecule has 1 spiro atoms. The molecule has 5 aliphatic carbocycles. The third-order valence-electron chi connectivity index (χ3n) is 8.77. The van der Waals surface area contributed by atoms with Crippen LogP contribution in [0.5, 0.6) is 0 Å². The average molecular weight is 328 g/mol. The lowest BCUT2D eigenvalue weighted by Crippen LogP contribution is -2.57. The van der Waals surface area contributed by atoms with Crippen molar-refractivity contribution in [1.82, 2.24) is 0 Å². The van der Waals surface area contributed by atoms with Crippen molar-refractivity contribution in [3.05, 3.63) is 11.6 Å². The first-order chi connectivity index (χ1) is 11.5. The summed E-state index contributed by atoms with van der Waals surface area (Å²) in [6.45, 7) is 2.19. The number of carbonyl (C=O) groups is 2. The zero-order valence-electron chi connectivity index (χ0n) is 14.6. The zero-order chi connectivity index (χ0) is 16.7. The summed E-state index contributed by atoms with van der Waals surface area (Å²) in [6, 6.07) is 0. The second kappa shape index (κ2) is 4.81. The van der Waals surface area contributed by atoms with E-state index >= 15 is 0 Å². The molecule has 24 heavy (non-hydrogen) atoms. The fourth-order valence-electron chi connectivity index (χ4n) is 7.66. The van der Waals surface area contributed by atoms with Crippen LogP contribution in [0.1, 0.15) is 64.7 Å². The van der Waals surface area contributed by atoms with E-state index in [0.717, 1.165) is 63.4 Å². The van der Waals surface area contributed by atoms with Crippen molar-refractivity contribution >= 4 is 11.6 Å². The average Bonchev–Trinajstić information content (AvgIpc) is 2.86. The standard InChI is InChI=1S/C21H28O3/c1-20-8-6-15-13(14(20)4-5-19(20)24)9-18(23)16-10-17(22)12-3-2-7-21(15,16)11-12/h10,12-15,18,23H,2-9,11H2,1H3/t12?,13-,14-,15-,18+,20-,21+/m0/s1. The summed E-state index contributed by atoms with van der Waals surface area (Å²) in [5.74, 6) is 2.40. The van der Waals surface area contributed by atoms with E-state index in [1.54, 1.807) is 0 Å². The summed E-state index contributed by atoms with van der Waals surface area (Å²) in [6.07, 6.45) is 10.2. The summed E-state index contributed by atoms with van der Waals surface area (Å²) in [7, 11) is 0. The molecule has 0 saturated heterocycles. The van der Waals surface area contributed by atoms with E-state index in [1.165, 1.54) is 0 Å². The van der Waals surface area contributed by atoms with Crippen molar-refractivity contribution in [3.8, 4) is 0 Å². The highest BCUT2D eigenvalue weighted by atomic mass is 16.3. The third-order valence-corrected chi connectivity index (χ3v) is 8.77. The lowest BCUT2D eigenvalue weighted by Gasteiger charge is -2.61. The molecule has 0 aromatic rings. The number of carbonyl (C=O) groups excluding carboxylic acids is 2. The summed E-state index contributed by atoms with van der Waals surface area (Å²) in [5.41, 5.74) is 0.987. The molecule has 7 atom stereocenters. The van der Waals surface area contributed by atoms with E-state index in [2.05, 4.69) is 6.92 Å². The molecular weight excluding hydrogens is 300 g/mol. The van der Waals surface area contributed by atoms with Gasteiger partial charge in [0.25, 0.3) is 0 Å². The van der Waals surface area contributed by atoms with Gasteiger partial charge in [-0.3, -0.25) is 9.59 Å². The molecule has 0 amide bonds. The van der Waals surface area contributed by atoms with Gasteiger partial charge in [-0.05, 0) is 79.8 Å². The molecule has 1 N–H and O–H groups in total. The normalized spacial score (nSPS) is 53.1. The van der Waals surface area contributed by atoms with E-state index < -0.39 is 6.10 Å². The van der Waals surface area contributed by atoms with Crippen LogP contribution in [-0.4, -0.2) is 22.8 Å². The Labute approximate surface area is 143 Å². The van der Waals surface area contributed by atoms with Gasteiger partial charge in [-0.15, -0.1) is 0 Å². The highest BCUT2D eigenvalue weighted by molar-refractivity contribution is 5.94. The van der Waals surface area contributed by atoms with Gasteiger partial charge in [0.15, 0.2) is 5.78 Å². The summed E-state index contributed by atoms with van der Waals surface area (Å²) in [4.78, 5) is 24.9. The minimum atomic E-state index is -0.465. The number of hydrogen-bond acceptors (Lipinski definition) is 3. The molecule has 0 aromatic heterocycles. The predicted octanol–water partition coefficient (Wildman–Crippen LogP) is 3.45. The second-order valence-electron chi connectivity index (χ2n) is 9.50. The largest absolute Gasteiger partial charge is 0.389 e. The third kappa shape index (κ3) is 1.72. The van der Waals surface area contributed by atoms with Gasteiger partial charge in [0.1, 0.15) is 5.78 Å². The van der Waals surface area contributed by atoms with Crippen LogP contribution in [0, 0.1) is 34.5 Å². The maximum atomic E-state index is 12.5. The molecule has 0 heterocycles. The second-order valence-corrected chi connectivity index (χ2v) is 9.50. The summed E-state index contributed by atoms with van der Waals surface area (Å²) >= 11 is 0. The van der Waals surface area contributed by atoms with Gasteiger partial charge in [-0.1, -0.05) is 13.3 Å². The van der Waals surface area contributed by atoms with Gasteiger partial charge in [-0.2, -0.15) is 0 Å². The highest BCUT2D eigenvalue weighted by Gasteiger charge is 2.62. The van der Waals surface area contributed by atoms with Crippen LogP contribution in [0.15, 0.2) is 11.6 Å². The zero-order valence-corrected chi connectivity index (χ0v) is 14.6. The van der Waals surface area contributed by atoms with E-state index in [4.69, 9.17) is 0 Å². The van der Waals surface area contributed by atoms with E-state index in [-0.39, 0.29) is 22.5 Å². The first-order valence-corrected chi connectivity index (χ1v) is 9.93. The molecule has 1 unspecified atom stereocenters. The molecule has 0 aliphatic heterocycles. The van der Waals surface area contributed by atoms with Crippen LogP contribution in [0.2, 0.25) is 0 Å². The lowest BCUT2D eigenvalue weighted by atomic mass is 9.43. The number of fused-ring (bicyclic) bond motifs is 4. The van der Waals surface area contributed by atoms with Gasteiger partial charge in [0.2, 0.25) is 0 Å². The Bertz CT molecular complexity index is 649. The molecule has 3 heteroatoms. The highest BCUT2D eigenvalue weighted by Crippen LogP contribution is 2.67. The number of rotatable bonds is 0. The Morgan fingerprint density at radius 1 is 1.12 bits per heavy atom. The van der Waals surface area contributed by atoms with Gasteiger partial charge in [0.05, 0.1) is 6.10 Å². The van der Waals surface area contributed by atoms with Crippen molar-refractivity contribution in [2.24, 2.45) is 34.5 Å². The molecule has 0 radical (unpaired) electrons. The maximum absolute atomic E-state index is 12.5. The minimum absolute atomic E-state index is 0.0616. The smallest absolute Gasteiger partial charge is 0.158 e. The molecular formula is C21H28O3. The first kappa shape index (κ1) is 15.3. The van der Waals surface area contributed by atoms with Gasteiger partial charge < -0.3 is 5.11 Å². The molecule has 5 rings (SSSR count).